The highest BCUT2D eigenvalue weighted by Crippen LogP contribution is 2.51. The second-order valence-electron chi connectivity index (χ2n) is 8.75. The number of rotatable bonds is 4. The summed E-state index contributed by atoms with van der Waals surface area (Å²) in [7, 11) is 0. The Morgan fingerprint density at radius 1 is 0.556 bits per heavy atom. The lowest BCUT2D eigenvalue weighted by Gasteiger charge is -2.12. The summed E-state index contributed by atoms with van der Waals surface area (Å²) in [6, 6.07) is 0. The molecular weight excluding hydrogens is 388 g/mol. The lowest BCUT2D eigenvalue weighted by atomic mass is 9.91. The van der Waals surface area contributed by atoms with Crippen LogP contribution < -0.4 is 0 Å². The summed E-state index contributed by atoms with van der Waals surface area (Å²) in [5.41, 5.74) is 5.25. The Balaban J connectivity index is 2.31. The highest BCUT2D eigenvalue weighted by molar-refractivity contribution is 7.28. The molecule has 4 aromatic rings. The minimum atomic E-state index is 0.493. The second kappa shape index (κ2) is 6.78. The molecule has 1 aromatic carbocycles. The van der Waals surface area contributed by atoms with Gasteiger partial charge in [0.05, 0.1) is 21.1 Å². The van der Waals surface area contributed by atoms with Gasteiger partial charge in [-0.25, -0.2) is 0 Å². The van der Waals surface area contributed by atoms with Gasteiger partial charge < -0.3 is 0 Å². The standard InChI is InChI=1S/C22H28N2S3/c1-9(2)13-15-17-18(24-27-23-17)16-14(10(3)4)20(12(7)8)26-22(16)21(15)25-19(13)11(5)6/h9-12H,1-8H3. The van der Waals surface area contributed by atoms with E-state index in [4.69, 9.17) is 8.75 Å². The van der Waals surface area contributed by atoms with Gasteiger partial charge in [0.2, 0.25) is 0 Å². The molecule has 4 rings (SSSR count). The first-order chi connectivity index (χ1) is 12.7. The number of hydrogen-bond acceptors (Lipinski definition) is 5. The van der Waals surface area contributed by atoms with Gasteiger partial charge in [-0.2, -0.15) is 8.75 Å². The molecule has 0 spiro atoms. The highest BCUT2D eigenvalue weighted by Gasteiger charge is 2.28. The Labute approximate surface area is 173 Å². The zero-order valence-corrected chi connectivity index (χ0v) is 19.9. The van der Waals surface area contributed by atoms with E-state index in [9.17, 15) is 0 Å². The topological polar surface area (TPSA) is 25.8 Å². The number of thiophene rings is 2. The van der Waals surface area contributed by atoms with Gasteiger partial charge in [-0.3, -0.25) is 0 Å². The molecule has 27 heavy (non-hydrogen) atoms. The Morgan fingerprint density at radius 2 is 0.926 bits per heavy atom. The van der Waals surface area contributed by atoms with Gasteiger partial charge in [0.25, 0.3) is 0 Å². The van der Waals surface area contributed by atoms with E-state index in [1.54, 1.807) is 0 Å². The van der Waals surface area contributed by atoms with Crippen LogP contribution in [0.1, 0.15) is 99.9 Å². The lowest BCUT2D eigenvalue weighted by Crippen LogP contribution is -1.95. The lowest BCUT2D eigenvalue weighted by molar-refractivity contribution is 0.815. The SMILES string of the molecule is CC(C)c1sc2c3sc(C(C)C)c(C(C)C)c3c3nsnc3c2c1C(C)C. The molecule has 5 heteroatoms. The van der Waals surface area contributed by atoms with Crippen molar-refractivity contribution in [1.82, 2.24) is 8.75 Å². The van der Waals surface area contributed by atoms with E-state index in [2.05, 4.69) is 55.4 Å². The predicted octanol–water partition coefficient (Wildman–Crippen LogP) is 8.61. The summed E-state index contributed by atoms with van der Waals surface area (Å²) in [6.45, 7) is 18.5. The smallest absolute Gasteiger partial charge is 0.114 e. The van der Waals surface area contributed by atoms with E-state index < -0.39 is 0 Å². The molecule has 0 radical (unpaired) electrons. The second-order valence-corrected chi connectivity index (χ2v) is 11.4. The minimum Gasteiger partial charge on any atom is -0.172 e. The van der Waals surface area contributed by atoms with Crippen LogP contribution in [0.4, 0.5) is 0 Å². The summed E-state index contributed by atoms with van der Waals surface area (Å²) in [5.74, 6) is 2.05. The van der Waals surface area contributed by atoms with Crippen molar-refractivity contribution in [1.29, 1.82) is 0 Å². The average molecular weight is 417 g/mol. The summed E-state index contributed by atoms with van der Waals surface area (Å²) < 4.78 is 12.5. The average Bonchev–Trinajstić information content (AvgIpc) is 3.27. The van der Waals surface area contributed by atoms with Crippen molar-refractivity contribution in [3.63, 3.8) is 0 Å². The van der Waals surface area contributed by atoms with Crippen molar-refractivity contribution in [3.05, 3.63) is 20.9 Å². The van der Waals surface area contributed by atoms with Crippen molar-refractivity contribution >= 4 is 65.6 Å². The molecule has 0 saturated heterocycles. The van der Waals surface area contributed by atoms with Gasteiger partial charge in [-0.1, -0.05) is 55.4 Å². The van der Waals surface area contributed by atoms with Gasteiger partial charge in [-0.15, -0.1) is 22.7 Å². The molecule has 0 aliphatic carbocycles. The number of benzene rings is 1. The summed E-state index contributed by atoms with van der Waals surface area (Å²) in [5, 5.41) is 2.75. The molecule has 0 saturated carbocycles. The van der Waals surface area contributed by atoms with E-state index in [0.29, 0.717) is 23.7 Å². The fourth-order valence-corrected chi connectivity index (χ4v) is 7.86. The number of fused-ring (bicyclic) bond motifs is 6. The predicted molar refractivity (Wildman–Crippen MR) is 125 cm³/mol. The molecule has 144 valence electrons. The van der Waals surface area contributed by atoms with Crippen LogP contribution in [-0.4, -0.2) is 8.75 Å². The van der Waals surface area contributed by atoms with Crippen LogP contribution in [-0.2, 0) is 0 Å². The third kappa shape index (κ3) is 2.77. The fraction of sp³-hybridized carbons (Fsp3) is 0.545. The molecule has 0 aliphatic rings. The summed E-state index contributed by atoms with van der Waals surface area (Å²) in [6.07, 6.45) is 0. The van der Waals surface area contributed by atoms with Crippen LogP contribution in [0.25, 0.3) is 31.2 Å². The van der Waals surface area contributed by atoms with E-state index in [1.807, 2.05) is 22.7 Å². The summed E-state index contributed by atoms with van der Waals surface area (Å²) >= 11 is 5.37. The maximum atomic E-state index is 4.81. The Kier molecular flexibility index (Phi) is 4.84. The molecule has 0 unspecified atom stereocenters. The van der Waals surface area contributed by atoms with Gasteiger partial charge >= 0.3 is 0 Å². The summed E-state index contributed by atoms with van der Waals surface area (Å²) in [4.78, 5) is 3.04. The van der Waals surface area contributed by atoms with Gasteiger partial charge in [0, 0.05) is 20.5 Å². The van der Waals surface area contributed by atoms with Gasteiger partial charge in [-0.05, 0) is 34.8 Å². The van der Waals surface area contributed by atoms with E-state index in [-0.39, 0.29) is 0 Å². The zero-order valence-electron chi connectivity index (χ0n) is 17.4. The van der Waals surface area contributed by atoms with Crippen LogP contribution in [0, 0.1) is 0 Å². The van der Waals surface area contributed by atoms with Crippen molar-refractivity contribution in [2.75, 3.05) is 0 Å². The molecule has 0 bridgehead atoms. The largest absolute Gasteiger partial charge is 0.172 e. The van der Waals surface area contributed by atoms with Gasteiger partial charge in [0.1, 0.15) is 11.0 Å². The number of nitrogens with zero attached hydrogens (tertiary/aromatic N) is 2. The molecule has 0 N–H and O–H groups in total. The number of aromatic nitrogens is 2. The first-order valence-electron chi connectivity index (χ1n) is 9.90. The van der Waals surface area contributed by atoms with Crippen LogP contribution in [0.15, 0.2) is 0 Å². The van der Waals surface area contributed by atoms with E-state index >= 15 is 0 Å². The molecule has 0 fully saturated rings. The maximum Gasteiger partial charge on any atom is 0.114 e. The van der Waals surface area contributed by atoms with Crippen LogP contribution >= 0.6 is 34.4 Å². The van der Waals surface area contributed by atoms with E-state index in [1.165, 1.54) is 52.8 Å². The van der Waals surface area contributed by atoms with Crippen molar-refractivity contribution in [2.24, 2.45) is 0 Å². The van der Waals surface area contributed by atoms with Crippen LogP contribution in [0.2, 0.25) is 0 Å². The monoisotopic (exact) mass is 416 g/mol. The Bertz CT molecular complexity index is 1050. The normalized spacial score (nSPS) is 13.0. The molecule has 0 aliphatic heterocycles. The fourth-order valence-electron chi connectivity index (χ4n) is 4.23. The van der Waals surface area contributed by atoms with Crippen LogP contribution in [0.3, 0.4) is 0 Å². The molecule has 0 amide bonds. The third-order valence-corrected chi connectivity index (χ3v) is 9.02. The third-order valence-electron chi connectivity index (χ3n) is 5.32. The zero-order chi connectivity index (χ0) is 19.6. The van der Waals surface area contributed by atoms with E-state index in [0.717, 1.165) is 11.0 Å². The minimum absolute atomic E-state index is 0.493. The molecule has 3 heterocycles. The quantitative estimate of drug-likeness (QED) is 0.333. The van der Waals surface area contributed by atoms with Crippen LogP contribution in [0.5, 0.6) is 0 Å². The number of hydrogen-bond donors (Lipinski definition) is 0. The van der Waals surface area contributed by atoms with Crippen molar-refractivity contribution < 1.29 is 0 Å². The van der Waals surface area contributed by atoms with Crippen molar-refractivity contribution in [2.45, 2.75) is 79.1 Å². The first kappa shape index (κ1) is 19.3. The molecule has 3 aromatic heterocycles. The van der Waals surface area contributed by atoms with Crippen molar-refractivity contribution in [3.8, 4) is 0 Å². The maximum absolute atomic E-state index is 4.81. The molecule has 0 atom stereocenters. The molecular formula is C22H28N2S3. The Hall–Kier alpha value is -1.04. The molecule has 2 nitrogen and oxygen atoms in total. The first-order valence-corrected chi connectivity index (χ1v) is 12.3. The highest BCUT2D eigenvalue weighted by atomic mass is 32.1. The van der Waals surface area contributed by atoms with Gasteiger partial charge in [0.15, 0.2) is 0 Å². The Morgan fingerprint density at radius 3 is 1.22 bits per heavy atom.